The molecule has 114 valence electrons. The van der Waals surface area contributed by atoms with Crippen LogP contribution in [0, 0.1) is 5.92 Å². The van der Waals surface area contributed by atoms with Crippen LogP contribution >= 0.6 is 0 Å². The van der Waals surface area contributed by atoms with E-state index in [4.69, 9.17) is 9.47 Å². The maximum Gasteiger partial charge on any atom is 0.228 e. The second kappa shape index (κ2) is 6.10. The summed E-state index contributed by atoms with van der Waals surface area (Å²) >= 11 is 0. The van der Waals surface area contributed by atoms with Gasteiger partial charge in [-0.3, -0.25) is 9.59 Å². The fraction of sp³-hybridized carbons (Fsp3) is 0.857. The van der Waals surface area contributed by atoms with Crippen molar-refractivity contribution in [3.63, 3.8) is 0 Å². The fourth-order valence-corrected chi connectivity index (χ4v) is 2.84. The van der Waals surface area contributed by atoms with Crippen LogP contribution in [0.2, 0.25) is 0 Å². The Morgan fingerprint density at radius 3 is 2.90 bits per heavy atom. The molecule has 2 rings (SSSR count). The van der Waals surface area contributed by atoms with Gasteiger partial charge in [0.15, 0.2) is 0 Å². The zero-order valence-electron chi connectivity index (χ0n) is 12.6. The summed E-state index contributed by atoms with van der Waals surface area (Å²) in [4.78, 5) is 28.1. The van der Waals surface area contributed by atoms with Crippen LogP contribution in [0.1, 0.15) is 20.3 Å². The quantitative estimate of drug-likeness (QED) is 0.736. The number of rotatable bonds is 4. The van der Waals surface area contributed by atoms with Gasteiger partial charge in [0.05, 0.1) is 31.3 Å². The maximum absolute atomic E-state index is 12.6. The molecule has 1 unspecified atom stereocenters. The molecule has 0 saturated carbocycles. The van der Waals surface area contributed by atoms with E-state index in [0.717, 1.165) is 0 Å². The van der Waals surface area contributed by atoms with E-state index in [9.17, 15) is 9.59 Å². The van der Waals surface area contributed by atoms with Crippen molar-refractivity contribution >= 4 is 11.8 Å². The molecule has 2 aliphatic heterocycles. The Morgan fingerprint density at radius 2 is 2.25 bits per heavy atom. The molecular formula is C14H24N2O4. The molecule has 6 nitrogen and oxygen atoms in total. The van der Waals surface area contributed by atoms with Crippen LogP contribution in [-0.2, 0) is 19.1 Å². The summed E-state index contributed by atoms with van der Waals surface area (Å²) < 4.78 is 10.4. The first-order chi connectivity index (χ1) is 9.45. The number of likely N-dealkylation sites (tertiary alicyclic amines) is 1. The van der Waals surface area contributed by atoms with Gasteiger partial charge in [-0.2, -0.15) is 0 Å². The second-order valence-electron chi connectivity index (χ2n) is 6.09. The first-order valence-electron chi connectivity index (χ1n) is 7.11. The van der Waals surface area contributed by atoms with Gasteiger partial charge in [-0.15, -0.1) is 0 Å². The van der Waals surface area contributed by atoms with Crippen molar-refractivity contribution < 1.29 is 19.1 Å². The van der Waals surface area contributed by atoms with Crippen molar-refractivity contribution in [2.24, 2.45) is 5.92 Å². The Labute approximate surface area is 120 Å². The zero-order valence-corrected chi connectivity index (χ0v) is 12.6. The van der Waals surface area contributed by atoms with Crippen molar-refractivity contribution in [2.75, 3.05) is 46.6 Å². The van der Waals surface area contributed by atoms with Crippen LogP contribution in [-0.4, -0.2) is 73.7 Å². The highest BCUT2D eigenvalue weighted by molar-refractivity contribution is 5.89. The molecule has 2 amide bonds. The third-order valence-electron chi connectivity index (χ3n) is 4.04. The van der Waals surface area contributed by atoms with Gasteiger partial charge in [0, 0.05) is 33.2 Å². The number of ether oxygens (including phenoxy) is 2. The Balaban J connectivity index is 1.98. The smallest absolute Gasteiger partial charge is 0.228 e. The van der Waals surface area contributed by atoms with Gasteiger partial charge in [0.2, 0.25) is 11.8 Å². The van der Waals surface area contributed by atoms with Crippen LogP contribution in [0.4, 0.5) is 0 Å². The van der Waals surface area contributed by atoms with Crippen molar-refractivity contribution in [2.45, 2.75) is 25.8 Å². The molecule has 2 aliphatic rings. The third-order valence-corrected chi connectivity index (χ3v) is 4.04. The molecule has 2 heterocycles. The molecule has 6 heteroatoms. The highest BCUT2D eigenvalue weighted by atomic mass is 16.5. The average molecular weight is 284 g/mol. The number of methoxy groups -OCH3 is 1. The molecule has 0 aromatic carbocycles. The van der Waals surface area contributed by atoms with E-state index in [0.29, 0.717) is 45.9 Å². The van der Waals surface area contributed by atoms with E-state index in [1.54, 1.807) is 12.0 Å². The topological polar surface area (TPSA) is 59.1 Å². The SMILES string of the molecule is COCCN1CC(C(=O)N2CCOCC2(C)C)CC1=O. The number of amides is 2. The van der Waals surface area contributed by atoms with Gasteiger partial charge in [-0.25, -0.2) is 0 Å². The molecule has 0 aromatic rings. The number of nitrogens with zero attached hydrogens (tertiary/aromatic N) is 2. The van der Waals surface area contributed by atoms with Crippen molar-refractivity contribution in [1.82, 2.24) is 9.80 Å². The minimum atomic E-state index is -0.293. The van der Waals surface area contributed by atoms with Crippen molar-refractivity contribution in [3.8, 4) is 0 Å². The summed E-state index contributed by atoms with van der Waals surface area (Å²) in [7, 11) is 1.61. The Hall–Kier alpha value is -1.14. The Bertz CT molecular complexity index is 383. The first-order valence-corrected chi connectivity index (χ1v) is 7.11. The van der Waals surface area contributed by atoms with E-state index in [2.05, 4.69) is 0 Å². The molecule has 0 N–H and O–H groups in total. The summed E-state index contributed by atoms with van der Waals surface area (Å²) in [6.45, 7) is 7.31. The largest absolute Gasteiger partial charge is 0.383 e. The molecule has 20 heavy (non-hydrogen) atoms. The molecule has 1 atom stereocenters. The molecule has 2 saturated heterocycles. The highest BCUT2D eigenvalue weighted by Gasteiger charge is 2.41. The predicted molar refractivity (Wildman–Crippen MR) is 73.2 cm³/mol. The van der Waals surface area contributed by atoms with Gasteiger partial charge in [0.1, 0.15) is 0 Å². The lowest BCUT2D eigenvalue weighted by molar-refractivity contribution is -0.150. The number of hydrogen-bond acceptors (Lipinski definition) is 4. The van der Waals surface area contributed by atoms with Crippen LogP contribution in [0.25, 0.3) is 0 Å². The molecule has 0 spiro atoms. The molecule has 2 fully saturated rings. The normalized spacial score (nSPS) is 26.1. The molecule has 0 aromatic heterocycles. The maximum atomic E-state index is 12.6. The van der Waals surface area contributed by atoms with Gasteiger partial charge in [0.25, 0.3) is 0 Å². The lowest BCUT2D eigenvalue weighted by Crippen LogP contribution is -2.57. The van der Waals surface area contributed by atoms with Crippen molar-refractivity contribution in [1.29, 1.82) is 0 Å². The molecule has 0 aliphatic carbocycles. The van der Waals surface area contributed by atoms with E-state index < -0.39 is 0 Å². The van der Waals surface area contributed by atoms with Gasteiger partial charge >= 0.3 is 0 Å². The van der Waals surface area contributed by atoms with E-state index in [-0.39, 0.29) is 23.3 Å². The third kappa shape index (κ3) is 3.12. The zero-order chi connectivity index (χ0) is 14.8. The average Bonchev–Trinajstić information content (AvgIpc) is 2.76. The van der Waals surface area contributed by atoms with E-state index in [1.165, 1.54) is 0 Å². The molecular weight excluding hydrogens is 260 g/mol. The Morgan fingerprint density at radius 1 is 1.50 bits per heavy atom. The van der Waals surface area contributed by atoms with Crippen LogP contribution < -0.4 is 0 Å². The number of carbonyl (C=O) groups excluding carboxylic acids is 2. The molecule has 0 bridgehead atoms. The van der Waals surface area contributed by atoms with E-state index >= 15 is 0 Å². The summed E-state index contributed by atoms with van der Waals surface area (Å²) in [5.74, 6) is -0.102. The summed E-state index contributed by atoms with van der Waals surface area (Å²) in [6, 6.07) is 0. The van der Waals surface area contributed by atoms with Crippen LogP contribution in [0.5, 0.6) is 0 Å². The van der Waals surface area contributed by atoms with Crippen LogP contribution in [0.3, 0.4) is 0 Å². The molecule has 0 radical (unpaired) electrons. The summed E-state index contributed by atoms with van der Waals surface area (Å²) in [5.41, 5.74) is -0.293. The summed E-state index contributed by atoms with van der Waals surface area (Å²) in [6.07, 6.45) is 0.315. The lowest BCUT2D eigenvalue weighted by atomic mass is 9.98. The van der Waals surface area contributed by atoms with Crippen molar-refractivity contribution in [3.05, 3.63) is 0 Å². The van der Waals surface area contributed by atoms with Crippen LogP contribution in [0.15, 0.2) is 0 Å². The minimum absolute atomic E-state index is 0.0477. The Kier molecular flexibility index (Phi) is 4.65. The first kappa shape index (κ1) is 15.3. The fourth-order valence-electron chi connectivity index (χ4n) is 2.84. The van der Waals surface area contributed by atoms with Gasteiger partial charge < -0.3 is 19.3 Å². The minimum Gasteiger partial charge on any atom is -0.383 e. The highest BCUT2D eigenvalue weighted by Crippen LogP contribution is 2.26. The number of hydrogen-bond donors (Lipinski definition) is 0. The van der Waals surface area contributed by atoms with E-state index in [1.807, 2.05) is 18.7 Å². The number of carbonyl (C=O) groups is 2. The monoisotopic (exact) mass is 284 g/mol. The predicted octanol–water partition coefficient (Wildman–Crippen LogP) is 0.119. The number of morpholine rings is 1. The second-order valence-corrected chi connectivity index (χ2v) is 6.09. The van der Waals surface area contributed by atoms with Gasteiger partial charge in [-0.1, -0.05) is 0 Å². The standard InChI is InChI=1S/C14H24N2O4/c1-14(2)10-20-7-5-16(14)13(18)11-8-12(17)15(9-11)4-6-19-3/h11H,4-10H2,1-3H3. The van der Waals surface area contributed by atoms with Gasteiger partial charge in [-0.05, 0) is 13.8 Å². The lowest BCUT2D eigenvalue weighted by Gasteiger charge is -2.43. The summed E-state index contributed by atoms with van der Waals surface area (Å²) in [5, 5.41) is 0.